The van der Waals surface area contributed by atoms with E-state index in [0.717, 1.165) is 10.5 Å². The van der Waals surface area contributed by atoms with E-state index >= 15 is 0 Å². The molecule has 0 radical (unpaired) electrons. The number of carbonyl (C=O) groups excluding carboxylic acids is 2. The number of imide groups is 1. The van der Waals surface area contributed by atoms with Crippen LogP contribution >= 0.6 is 0 Å². The van der Waals surface area contributed by atoms with Crippen molar-refractivity contribution in [3.05, 3.63) is 30.4 Å². The summed E-state index contributed by atoms with van der Waals surface area (Å²) in [5.41, 5.74) is 0.720. The summed E-state index contributed by atoms with van der Waals surface area (Å²) in [7, 11) is -3.57. The van der Waals surface area contributed by atoms with Crippen LogP contribution in [-0.2, 0) is 19.6 Å². The van der Waals surface area contributed by atoms with Crippen LogP contribution in [0.25, 0.3) is 11.4 Å². The monoisotopic (exact) mass is 405 g/mol. The van der Waals surface area contributed by atoms with E-state index < -0.39 is 10.0 Å². The number of pyridine rings is 1. The SMILES string of the molecule is O=C1CCCC(=O)N1CCS(=O)(=O)N1CC(c2nc(-c3cccnc3)no2)C1. The van der Waals surface area contributed by atoms with Crippen molar-refractivity contribution in [2.45, 2.75) is 25.2 Å². The molecule has 2 amide bonds. The van der Waals surface area contributed by atoms with Gasteiger partial charge < -0.3 is 4.52 Å². The molecule has 2 saturated heterocycles. The van der Waals surface area contributed by atoms with Gasteiger partial charge in [0.05, 0.1) is 11.7 Å². The van der Waals surface area contributed by atoms with E-state index in [9.17, 15) is 18.0 Å². The lowest BCUT2D eigenvalue weighted by Gasteiger charge is -2.36. The molecule has 11 heteroatoms. The fourth-order valence-electron chi connectivity index (χ4n) is 3.22. The maximum absolute atomic E-state index is 12.5. The first kappa shape index (κ1) is 18.7. The predicted octanol–water partition coefficient (Wildman–Crippen LogP) is 0.400. The standard InChI is InChI=1S/C17H19N5O5S/c23-14-4-1-5-15(24)22(14)7-8-28(25,26)21-10-13(11-21)17-19-16(20-27-17)12-3-2-6-18-9-12/h2-3,6,9,13H,1,4-5,7-8,10-11H2. The third-order valence-corrected chi connectivity index (χ3v) is 6.69. The Bertz CT molecular complexity index is 968. The highest BCUT2D eigenvalue weighted by Crippen LogP contribution is 2.29. The molecule has 148 valence electrons. The van der Waals surface area contributed by atoms with Crippen molar-refractivity contribution in [1.29, 1.82) is 0 Å². The second-order valence-electron chi connectivity index (χ2n) is 6.82. The summed E-state index contributed by atoms with van der Waals surface area (Å²) >= 11 is 0. The van der Waals surface area contributed by atoms with Crippen LogP contribution in [0.3, 0.4) is 0 Å². The van der Waals surface area contributed by atoms with Gasteiger partial charge in [-0.1, -0.05) is 5.16 Å². The van der Waals surface area contributed by atoms with Crippen molar-refractivity contribution in [2.75, 3.05) is 25.4 Å². The fraction of sp³-hybridized carbons (Fsp3) is 0.471. The molecule has 4 rings (SSSR count). The zero-order valence-corrected chi connectivity index (χ0v) is 15.8. The number of likely N-dealkylation sites (tertiary alicyclic amines) is 1. The van der Waals surface area contributed by atoms with Gasteiger partial charge in [-0.2, -0.15) is 4.98 Å². The highest BCUT2D eigenvalue weighted by molar-refractivity contribution is 7.89. The Labute approximate surface area is 161 Å². The largest absolute Gasteiger partial charge is 0.339 e. The highest BCUT2D eigenvalue weighted by Gasteiger charge is 2.40. The minimum atomic E-state index is -3.57. The van der Waals surface area contributed by atoms with Crippen LogP contribution in [0.1, 0.15) is 31.1 Å². The molecule has 4 heterocycles. The van der Waals surface area contributed by atoms with Gasteiger partial charge in [-0.25, -0.2) is 12.7 Å². The lowest BCUT2D eigenvalue weighted by atomic mass is 10.0. The maximum Gasteiger partial charge on any atom is 0.232 e. The summed E-state index contributed by atoms with van der Waals surface area (Å²) in [5.74, 6) is -0.269. The molecule has 0 N–H and O–H groups in total. The van der Waals surface area contributed by atoms with Gasteiger partial charge >= 0.3 is 0 Å². The van der Waals surface area contributed by atoms with Gasteiger partial charge in [0.1, 0.15) is 0 Å². The van der Waals surface area contributed by atoms with Gasteiger partial charge in [-0.15, -0.1) is 0 Å². The topological polar surface area (TPSA) is 127 Å². The zero-order valence-electron chi connectivity index (χ0n) is 15.0. The summed E-state index contributed by atoms with van der Waals surface area (Å²) in [4.78, 5) is 33.0. The van der Waals surface area contributed by atoms with Gasteiger partial charge in [0.2, 0.25) is 33.6 Å². The fourth-order valence-corrected chi connectivity index (χ4v) is 4.71. The van der Waals surface area contributed by atoms with Gasteiger partial charge in [0.15, 0.2) is 0 Å². The van der Waals surface area contributed by atoms with Gasteiger partial charge in [-0.05, 0) is 18.6 Å². The Morgan fingerprint density at radius 1 is 1.18 bits per heavy atom. The van der Waals surface area contributed by atoms with Crippen LogP contribution in [-0.4, -0.2) is 69.9 Å². The molecule has 2 aromatic rings. The van der Waals surface area contributed by atoms with Crippen LogP contribution in [0, 0.1) is 0 Å². The van der Waals surface area contributed by atoms with Gasteiger partial charge in [0.25, 0.3) is 0 Å². The third-order valence-electron chi connectivity index (χ3n) is 4.91. The van der Waals surface area contributed by atoms with Crippen molar-refractivity contribution in [3.63, 3.8) is 0 Å². The number of sulfonamides is 1. The number of carbonyl (C=O) groups is 2. The zero-order chi connectivity index (χ0) is 19.7. The molecule has 2 aromatic heterocycles. The average molecular weight is 405 g/mol. The predicted molar refractivity (Wildman–Crippen MR) is 96.2 cm³/mol. The van der Waals surface area contributed by atoms with E-state index in [1.807, 2.05) is 6.07 Å². The lowest BCUT2D eigenvalue weighted by molar-refractivity contribution is -0.147. The second-order valence-corrected chi connectivity index (χ2v) is 8.91. The van der Waals surface area contributed by atoms with Crippen molar-refractivity contribution in [3.8, 4) is 11.4 Å². The summed E-state index contributed by atoms with van der Waals surface area (Å²) in [6.07, 6.45) is 4.36. The molecule has 2 fully saturated rings. The number of amides is 2. The Balaban J connectivity index is 1.33. The van der Waals surface area contributed by atoms with Crippen LogP contribution in [0.5, 0.6) is 0 Å². The Kier molecular flexibility index (Phi) is 4.94. The Morgan fingerprint density at radius 3 is 2.61 bits per heavy atom. The maximum atomic E-state index is 12.5. The first-order valence-electron chi connectivity index (χ1n) is 8.99. The van der Waals surface area contributed by atoms with E-state index in [4.69, 9.17) is 4.52 Å². The molecule has 0 aliphatic carbocycles. The van der Waals surface area contributed by atoms with Crippen molar-refractivity contribution < 1.29 is 22.5 Å². The molecule has 0 unspecified atom stereocenters. The van der Waals surface area contributed by atoms with Crippen LogP contribution < -0.4 is 0 Å². The summed E-state index contributed by atoms with van der Waals surface area (Å²) < 4.78 is 31.5. The summed E-state index contributed by atoms with van der Waals surface area (Å²) in [5, 5.41) is 3.92. The van der Waals surface area contributed by atoms with Crippen molar-refractivity contribution >= 4 is 21.8 Å². The van der Waals surface area contributed by atoms with Crippen LogP contribution in [0.2, 0.25) is 0 Å². The van der Waals surface area contributed by atoms with Crippen LogP contribution in [0.4, 0.5) is 0 Å². The first-order chi connectivity index (χ1) is 13.4. The van der Waals surface area contributed by atoms with Crippen molar-refractivity contribution in [1.82, 2.24) is 24.3 Å². The molecule has 2 aliphatic heterocycles. The minimum Gasteiger partial charge on any atom is -0.339 e. The lowest BCUT2D eigenvalue weighted by Crippen LogP contribution is -2.51. The first-order valence-corrected chi connectivity index (χ1v) is 10.6. The quantitative estimate of drug-likeness (QED) is 0.632. The second kappa shape index (κ2) is 7.40. The van der Waals surface area contributed by atoms with Crippen LogP contribution in [0.15, 0.2) is 29.0 Å². The number of hydrogen-bond donors (Lipinski definition) is 0. The molecule has 10 nitrogen and oxygen atoms in total. The number of aromatic nitrogens is 3. The minimum absolute atomic E-state index is 0.104. The molecule has 0 saturated carbocycles. The molecular formula is C17H19N5O5S. The van der Waals surface area contributed by atoms with Gasteiger partial charge in [-0.3, -0.25) is 19.5 Å². The molecule has 2 aliphatic rings. The number of hydrogen-bond acceptors (Lipinski definition) is 8. The molecule has 0 aromatic carbocycles. The number of rotatable bonds is 6. The Morgan fingerprint density at radius 2 is 1.93 bits per heavy atom. The Hall–Kier alpha value is -2.66. The third kappa shape index (κ3) is 3.67. The molecule has 0 spiro atoms. The van der Waals surface area contributed by atoms with E-state index in [2.05, 4.69) is 15.1 Å². The molecule has 28 heavy (non-hydrogen) atoms. The smallest absolute Gasteiger partial charge is 0.232 e. The van der Waals surface area contributed by atoms with E-state index in [-0.39, 0.29) is 56.0 Å². The van der Waals surface area contributed by atoms with Gasteiger partial charge in [0, 0.05) is 50.4 Å². The van der Waals surface area contributed by atoms with Crippen molar-refractivity contribution in [2.24, 2.45) is 0 Å². The molecular weight excluding hydrogens is 386 g/mol. The normalized spacial score (nSPS) is 19.1. The number of nitrogens with zero attached hydrogens (tertiary/aromatic N) is 5. The summed E-state index contributed by atoms with van der Waals surface area (Å²) in [6, 6.07) is 3.57. The summed E-state index contributed by atoms with van der Waals surface area (Å²) in [6.45, 7) is 0.366. The van der Waals surface area contributed by atoms with E-state index in [1.165, 1.54) is 4.31 Å². The number of piperidine rings is 1. The average Bonchev–Trinajstić information content (AvgIpc) is 3.10. The van der Waals surface area contributed by atoms with E-state index in [1.54, 1.807) is 18.5 Å². The highest BCUT2D eigenvalue weighted by atomic mass is 32.2. The van der Waals surface area contributed by atoms with E-state index in [0.29, 0.717) is 18.1 Å². The molecule has 0 atom stereocenters. The molecule has 0 bridgehead atoms.